The first-order valence-electron chi connectivity index (χ1n) is 7.01. The second-order valence-corrected chi connectivity index (χ2v) is 6.37. The van der Waals surface area contributed by atoms with Crippen molar-refractivity contribution in [1.29, 1.82) is 0 Å². The van der Waals surface area contributed by atoms with Crippen LogP contribution in [0.2, 0.25) is 0 Å². The van der Waals surface area contributed by atoms with Crippen LogP contribution in [0, 0.1) is 0 Å². The Balaban J connectivity index is 2.32. The largest absolute Gasteiger partial charge is 0.310 e. The van der Waals surface area contributed by atoms with Gasteiger partial charge < -0.3 is 10.2 Å². The summed E-state index contributed by atoms with van der Waals surface area (Å²) < 4.78 is 0. The lowest BCUT2D eigenvalue weighted by Crippen LogP contribution is -2.47. The lowest BCUT2D eigenvalue weighted by molar-refractivity contribution is 0.209. The van der Waals surface area contributed by atoms with Crippen LogP contribution in [-0.4, -0.2) is 61.2 Å². The summed E-state index contributed by atoms with van der Waals surface area (Å²) in [6.07, 6.45) is 2.49. The maximum Gasteiger partial charge on any atom is 0.0229 e. The van der Waals surface area contributed by atoms with Gasteiger partial charge in [-0.25, -0.2) is 0 Å². The first-order chi connectivity index (χ1) is 7.85. The lowest BCUT2D eigenvalue weighted by Gasteiger charge is -2.31. The van der Waals surface area contributed by atoms with Gasteiger partial charge in [-0.3, -0.25) is 4.90 Å². The monoisotopic (exact) mass is 241 g/mol. The second kappa shape index (κ2) is 6.17. The zero-order valence-electron chi connectivity index (χ0n) is 12.6. The quantitative estimate of drug-likeness (QED) is 0.765. The van der Waals surface area contributed by atoms with Crippen LogP contribution in [0.1, 0.15) is 40.5 Å². The zero-order valence-corrected chi connectivity index (χ0v) is 12.6. The smallest absolute Gasteiger partial charge is 0.0229 e. The van der Waals surface area contributed by atoms with Crippen LogP contribution in [0.4, 0.5) is 0 Å². The molecule has 2 atom stereocenters. The summed E-state index contributed by atoms with van der Waals surface area (Å²) in [5.74, 6) is 0. The van der Waals surface area contributed by atoms with Gasteiger partial charge in [0.15, 0.2) is 0 Å². The molecule has 0 spiro atoms. The Morgan fingerprint density at radius 2 is 2.06 bits per heavy atom. The van der Waals surface area contributed by atoms with E-state index >= 15 is 0 Å². The molecule has 1 rings (SSSR count). The van der Waals surface area contributed by atoms with Gasteiger partial charge in [0, 0.05) is 37.3 Å². The van der Waals surface area contributed by atoms with E-state index in [1.807, 2.05) is 0 Å². The summed E-state index contributed by atoms with van der Waals surface area (Å²) in [5.41, 5.74) is 0.273. The highest BCUT2D eigenvalue weighted by atomic mass is 15.3. The summed E-state index contributed by atoms with van der Waals surface area (Å²) >= 11 is 0. The fourth-order valence-electron chi connectivity index (χ4n) is 2.27. The topological polar surface area (TPSA) is 18.5 Å². The number of nitrogens with one attached hydrogen (secondary N) is 1. The molecule has 1 fully saturated rings. The number of nitrogens with zero attached hydrogens (tertiary/aromatic N) is 2. The molecular formula is C14H31N3. The van der Waals surface area contributed by atoms with Gasteiger partial charge in [0.1, 0.15) is 0 Å². The van der Waals surface area contributed by atoms with E-state index in [9.17, 15) is 0 Å². The fourth-order valence-corrected chi connectivity index (χ4v) is 2.27. The molecule has 0 bridgehead atoms. The first-order valence-corrected chi connectivity index (χ1v) is 7.01. The highest BCUT2D eigenvalue weighted by Gasteiger charge is 2.27. The number of likely N-dealkylation sites (tertiary alicyclic amines) is 1. The highest BCUT2D eigenvalue weighted by molar-refractivity contribution is 4.86. The molecule has 3 nitrogen and oxygen atoms in total. The van der Waals surface area contributed by atoms with Crippen LogP contribution in [0.25, 0.3) is 0 Å². The average molecular weight is 241 g/mol. The Bertz CT molecular complexity index is 226. The van der Waals surface area contributed by atoms with Crippen LogP contribution in [0.5, 0.6) is 0 Å². The van der Waals surface area contributed by atoms with Crippen LogP contribution in [0.15, 0.2) is 0 Å². The van der Waals surface area contributed by atoms with E-state index in [4.69, 9.17) is 0 Å². The molecule has 0 amide bonds. The summed E-state index contributed by atoms with van der Waals surface area (Å²) in [4.78, 5) is 4.97. The number of likely N-dealkylation sites (N-methyl/N-ethyl adjacent to an activating group) is 1. The Hall–Kier alpha value is -0.120. The molecule has 1 heterocycles. The van der Waals surface area contributed by atoms with Crippen molar-refractivity contribution in [3.8, 4) is 0 Å². The van der Waals surface area contributed by atoms with E-state index in [0.29, 0.717) is 6.04 Å². The maximum absolute atomic E-state index is 3.67. The summed E-state index contributed by atoms with van der Waals surface area (Å²) in [7, 11) is 4.38. The van der Waals surface area contributed by atoms with Gasteiger partial charge in [0.25, 0.3) is 0 Å². The first kappa shape index (κ1) is 14.9. The number of hydrogen-bond acceptors (Lipinski definition) is 3. The van der Waals surface area contributed by atoms with Gasteiger partial charge >= 0.3 is 0 Å². The van der Waals surface area contributed by atoms with Crippen molar-refractivity contribution in [2.75, 3.05) is 33.7 Å². The van der Waals surface area contributed by atoms with Gasteiger partial charge in [-0.05, 0) is 47.7 Å². The molecule has 1 N–H and O–H groups in total. The molecule has 0 saturated carbocycles. The number of rotatable bonds is 6. The van der Waals surface area contributed by atoms with E-state index in [-0.39, 0.29) is 5.54 Å². The Labute approximate surface area is 108 Å². The summed E-state index contributed by atoms with van der Waals surface area (Å²) in [5, 5.41) is 3.67. The molecule has 0 aromatic carbocycles. The van der Waals surface area contributed by atoms with Gasteiger partial charge in [-0.2, -0.15) is 0 Å². The van der Waals surface area contributed by atoms with Crippen molar-refractivity contribution in [1.82, 2.24) is 15.1 Å². The molecule has 0 aromatic rings. The van der Waals surface area contributed by atoms with Crippen molar-refractivity contribution < 1.29 is 0 Å². The molecule has 0 aromatic heterocycles. The van der Waals surface area contributed by atoms with E-state index in [1.165, 1.54) is 25.9 Å². The molecule has 2 unspecified atom stereocenters. The summed E-state index contributed by atoms with van der Waals surface area (Å²) in [6.45, 7) is 12.7. The van der Waals surface area contributed by atoms with Crippen LogP contribution in [0.3, 0.4) is 0 Å². The van der Waals surface area contributed by atoms with Gasteiger partial charge in [-0.15, -0.1) is 0 Å². The molecular weight excluding hydrogens is 210 g/mol. The van der Waals surface area contributed by atoms with E-state index in [1.54, 1.807) is 0 Å². The summed E-state index contributed by atoms with van der Waals surface area (Å²) in [6, 6.07) is 1.39. The van der Waals surface area contributed by atoms with Crippen molar-refractivity contribution in [3.63, 3.8) is 0 Å². The third-order valence-corrected chi connectivity index (χ3v) is 4.31. The zero-order chi connectivity index (χ0) is 13.1. The van der Waals surface area contributed by atoms with E-state index < -0.39 is 0 Å². The minimum atomic E-state index is 0.273. The lowest BCUT2D eigenvalue weighted by atomic mass is 10.0. The highest BCUT2D eigenvalue weighted by Crippen LogP contribution is 2.16. The van der Waals surface area contributed by atoms with Crippen LogP contribution < -0.4 is 5.32 Å². The van der Waals surface area contributed by atoms with Crippen molar-refractivity contribution in [2.45, 2.75) is 58.2 Å². The van der Waals surface area contributed by atoms with Crippen molar-refractivity contribution >= 4 is 0 Å². The Morgan fingerprint density at radius 3 is 2.53 bits per heavy atom. The predicted molar refractivity (Wildman–Crippen MR) is 75.5 cm³/mol. The molecule has 1 aliphatic heterocycles. The van der Waals surface area contributed by atoms with Gasteiger partial charge in [0.05, 0.1) is 0 Å². The third kappa shape index (κ3) is 4.57. The Morgan fingerprint density at radius 1 is 1.41 bits per heavy atom. The normalized spacial score (nSPS) is 24.5. The standard InChI is InChI=1S/C14H31N3/c1-7-14(3,4)15-10-12(2)17-9-8-13(11-17)16(5)6/h12-13,15H,7-11H2,1-6H3. The molecule has 3 heteroatoms. The van der Waals surface area contributed by atoms with Crippen molar-refractivity contribution in [2.24, 2.45) is 0 Å². The minimum absolute atomic E-state index is 0.273. The molecule has 17 heavy (non-hydrogen) atoms. The second-order valence-electron chi connectivity index (χ2n) is 6.37. The Kier molecular flexibility index (Phi) is 5.42. The fraction of sp³-hybridized carbons (Fsp3) is 1.00. The van der Waals surface area contributed by atoms with Crippen LogP contribution >= 0.6 is 0 Å². The average Bonchev–Trinajstić information content (AvgIpc) is 2.75. The van der Waals surface area contributed by atoms with E-state index in [0.717, 1.165) is 12.6 Å². The minimum Gasteiger partial charge on any atom is -0.310 e. The maximum atomic E-state index is 3.67. The third-order valence-electron chi connectivity index (χ3n) is 4.31. The predicted octanol–water partition coefficient (Wildman–Crippen LogP) is 1.79. The van der Waals surface area contributed by atoms with E-state index in [2.05, 4.69) is 56.9 Å². The molecule has 0 radical (unpaired) electrons. The molecule has 1 saturated heterocycles. The van der Waals surface area contributed by atoms with Crippen molar-refractivity contribution in [3.05, 3.63) is 0 Å². The molecule has 1 aliphatic rings. The molecule has 0 aliphatic carbocycles. The SMILES string of the molecule is CCC(C)(C)NCC(C)N1CCC(N(C)C)C1. The molecule has 102 valence electrons. The number of hydrogen-bond donors (Lipinski definition) is 1. The van der Waals surface area contributed by atoms with Gasteiger partial charge in [0.2, 0.25) is 0 Å². The van der Waals surface area contributed by atoms with Crippen LogP contribution in [-0.2, 0) is 0 Å². The van der Waals surface area contributed by atoms with Gasteiger partial charge in [-0.1, -0.05) is 6.92 Å².